The van der Waals surface area contributed by atoms with Gasteiger partial charge in [0.15, 0.2) is 0 Å². The second-order valence-corrected chi connectivity index (χ2v) is 3.74. The molecule has 0 spiro atoms. The normalized spacial score (nSPS) is 31.6. The Labute approximate surface area is 86.5 Å². The Bertz CT molecular complexity index is 158. The molecule has 1 fully saturated rings. The van der Waals surface area contributed by atoms with Gasteiger partial charge in [0.2, 0.25) is 0 Å². The van der Waals surface area contributed by atoms with Crippen LogP contribution in [0.3, 0.4) is 0 Å². The van der Waals surface area contributed by atoms with Crippen LogP contribution < -0.4 is 0 Å². The SMILES string of the molecule is CC.C[C@H]1C[C@@H](CC(=O)O)O[C@@H](C)C1. The monoisotopic (exact) mass is 202 g/mol. The Morgan fingerprint density at radius 2 is 1.93 bits per heavy atom. The number of aliphatic carboxylic acids is 1. The van der Waals surface area contributed by atoms with E-state index in [-0.39, 0.29) is 18.6 Å². The number of hydrogen-bond donors (Lipinski definition) is 1. The third-order valence-electron chi connectivity index (χ3n) is 2.23. The summed E-state index contributed by atoms with van der Waals surface area (Å²) < 4.78 is 5.49. The van der Waals surface area contributed by atoms with Crippen LogP contribution in [0.25, 0.3) is 0 Å². The van der Waals surface area contributed by atoms with Gasteiger partial charge in [-0.15, -0.1) is 0 Å². The van der Waals surface area contributed by atoms with Crippen LogP contribution in [-0.2, 0) is 9.53 Å². The minimum Gasteiger partial charge on any atom is -0.481 e. The minimum absolute atomic E-state index is 0.0683. The largest absolute Gasteiger partial charge is 0.481 e. The molecule has 0 aromatic heterocycles. The predicted octanol–water partition coefficient (Wildman–Crippen LogP) is 2.69. The molecule has 0 saturated carbocycles. The van der Waals surface area contributed by atoms with Gasteiger partial charge in [0.05, 0.1) is 18.6 Å². The molecule has 0 aliphatic carbocycles. The van der Waals surface area contributed by atoms with Crippen LogP contribution in [0.5, 0.6) is 0 Å². The average molecular weight is 202 g/mol. The molecule has 3 heteroatoms. The summed E-state index contributed by atoms with van der Waals surface area (Å²) in [6.45, 7) is 8.15. The summed E-state index contributed by atoms with van der Waals surface area (Å²) in [6.07, 6.45) is 2.24. The van der Waals surface area contributed by atoms with Gasteiger partial charge >= 0.3 is 5.97 Å². The molecule has 1 aliphatic heterocycles. The summed E-state index contributed by atoms with van der Waals surface area (Å²) in [4.78, 5) is 10.4. The Morgan fingerprint density at radius 3 is 2.36 bits per heavy atom. The van der Waals surface area contributed by atoms with Gasteiger partial charge in [-0.05, 0) is 25.7 Å². The van der Waals surface area contributed by atoms with Crippen molar-refractivity contribution in [2.24, 2.45) is 5.92 Å². The molecule has 84 valence electrons. The first-order valence-corrected chi connectivity index (χ1v) is 5.45. The van der Waals surface area contributed by atoms with Gasteiger partial charge in [-0.25, -0.2) is 0 Å². The first kappa shape index (κ1) is 13.4. The van der Waals surface area contributed by atoms with E-state index in [4.69, 9.17) is 9.84 Å². The first-order chi connectivity index (χ1) is 6.58. The van der Waals surface area contributed by atoms with Crippen molar-refractivity contribution in [1.29, 1.82) is 0 Å². The standard InChI is InChI=1S/C9H16O3.C2H6/c1-6-3-7(2)12-8(4-6)5-9(10)11;1-2/h6-8H,3-5H2,1-2H3,(H,10,11);1-2H3/t6-,7+,8+;/m1./s1. The highest BCUT2D eigenvalue weighted by Gasteiger charge is 2.25. The van der Waals surface area contributed by atoms with Crippen molar-refractivity contribution >= 4 is 5.97 Å². The van der Waals surface area contributed by atoms with Crippen molar-refractivity contribution in [3.63, 3.8) is 0 Å². The third-order valence-corrected chi connectivity index (χ3v) is 2.23. The molecule has 3 atom stereocenters. The number of carbonyl (C=O) groups is 1. The van der Waals surface area contributed by atoms with Gasteiger partial charge < -0.3 is 9.84 Å². The van der Waals surface area contributed by atoms with Crippen LogP contribution in [0.1, 0.15) is 47.0 Å². The molecule has 0 aromatic carbocycles. The van der Waals surface area contributed by atoms with Crippen LogP contribution >= 0.6 is 0 Å². The Kier molecular flexibility index (Phi) is 6.54. The molecule has 1 heterocycles. The molecule has 1 aliphatic rings. The van der Waals surface area contributed by atoms with Gasteiger partial charge in [-0.3, -0.25) is 4.79 Å². The lowest BCUT2D eigenvalue weighted by molar-refractivity contribution is -0.143. The summed E-state index contributed by atoms with van der Waals surface area (Å²) in [6, 6.07) is 0. The molecule has 0 bridgehead atoms. The van der Waals surface area contributed by atoms with E-state index in [1.807, 2.05) is 20.8 Å². The van der Waals surface area contributed by atoms with Crippen molar-refractivity contribution in [1.82, 2.24) is 0 Å². The minimum atomic E-state index is -0.763. The van der Waals surface area contributed by atoms with Crippen LogP contribution in [0.4, 0.5) is 0 Å². The van der Waals surface area contributed by atoms with Gasteiger partial charge in [0, 0.05) is 0 Å². The number of ether oxygens (including phenoxy) is 1. The highest BCUT2D eigenvalue weighted by molar-refractivity contribution is 5.67. The first-order valence-electron chi connectivity index (χ1n) is 5.45. The van der Waals surface area contributed by atoms with Crippen LogP contribution in [0.15, 0.2) is 0 Å². The van der Waals surface area contributed by atoms with E-state index in [0.717, 1.165) is 12.8 Å². The van der Waals surface area contributed by atoms with E-state index >= 15 is 0 Å². The molecular formula is C11H22O3. The predicted molar refractivity (Wildman–Crippen MR) is 56.3 cm³/mol. The van der Waals surface area contributed by atoms with Crippen LogP contribution in [-0.4, -0.2) is 23.3 Å². The molecule has 14 heavy (non-hydrogen) atoms. The summed E-state index contributed by atoms with van der Waals surface area (Å²) in [5, 5.41) is 8.56. The van der Waals surface area contributed by atoms with Crippen LogP contribution in [0, 0.1) is 5.92 Å². The third kappa shape index (κ3) is 5.22. The molecular weight excluding hydrogens is 180 g/mol. The summed E-state index contributed by atoms with van der Waals surface area (Å²) in [5.74, 6) is -0.167. The molecule has 0 radical (unpaired) electrons. The second kappa shape index (κ2) is 6.82. The fraction of sp³-hybridized carbons (Fsp3) is 0.909. The Hall–Kier alpha value is -0.570. The van der Waals surface area contributed by atoms with Crippen LogP contribution in [0.2, 0.25) is 0 Å². The lowest BCUT2D eigenvalue weighted by Crippen LogP contribution is -2.31. The quantitative estimate of drug-likeness (QED) is 0.748. The number of rotatable bonds is 2. The van der Waals surface area contributed by atoms with Gasteiger partial charge in [0.1, 0.15) is 0 Å². The second-order valence-electron chi connectivity index (χ2n) is 3.74. The van der Waals surface area contributed by atoms with E-state index in [1.165, 1.54) is 0 Å². The van der Waals surface area contributed by atoms with Gasteiger partial charge in [0.25, 0.3) is 0 Å². The van der Waals surface area contributed by atoms with Crippen molar-refractivity contribution < 1.29 is 14.6 Å². The van der Waals surface area contributed by atoms with E-state index < -0.39 is 5.97 Å². The Morgan fingerprint density at radius 1 is 1.36 bits per heavy atom. The number of carboxylic acids is 1. The van der Waals surface area contributed by atoms with Crippen molar-refractivity contribution in [3.05, 3.63) is 0 Å². The molecule has 1 N–H and O–H groups in total. The molecule has 3 nitrogen and oxygen atoms in total. The smallest absolute Gasteiger partial charge is 0.305 e. The molecule has 0 amide bonds. The van der Waals surface area contributed by atoms with Crippen molar-refractivity contribution in [2.75, 3.05) is 0 Å². The zero-order valence-electron chi connectivity index (χ0n) is 9.62. The van der Waals surface area contributed by atoms with E-state index in [0.29, 0.717) is 5.92 Å². The van der Waals surface area contributed by atoms with Crippen molar-refractivity contribution in [3.8, 4) is 0 Å². The lowest BCUT2D eigenvalue weighted by Gasteiger charge is -2.31. The molecule has 1 saturated heterocycles. The van der Waals surface area contributed by atoms with Crippen molar-refractivity contribution in [2.45, 2.75) is 59.2 Å². The number of carboxylic acid groups (broad SMARTS) is 1. The summed E-state index contributed by atoms with van der Waals surface area (Å²) in [5.41, 5.74) is 0. The maximum atomic E-state index is 10.4. The average Bonchev–Trinajstić information content (AvgIpc) is 2.04. The van der Waals surface area contributed by atoms with Gasteiger partial charge in [-0.1, -0.05) is 20.8 Å². The number of hydrogen-bond acceptors (Lipinski definition) is 2. The molecule has 1 rings (SSSR count). The molecule has 0 unspecified atom stereocenters. The fourth-order valence-electron chi connectivity index (χ4n) is 1.88. The molecule has 0 aromatic rings. The van der Waals surface area contributed by atoms with E-state index in [1.54, 1.807) is 0 Å². The summed E-state index contributed by atoms with van der Waals surface area (Å²) in [7, 11) is 0. The zero-order chi connectivity index (χ0) is 11.1. The fourth-order valence-corrected chi connectivity index (χ4v) is 1.88. The van der Waals surface area contributed by atoms with Gasteiger partial charge in [-0.2, -0.15) is 0 Å². The highest BCUT2D eigenvalue weighted by atomic mass is 16.5. The Balaban J connectivity index is 0.000000791. The van der Waals surface area contributed by atoms with E-state index in [9.17, 15) is 4.79 Å². The topological polar surface area (TPSA) is 46.5 Å². The van der Waals surface area contributed by atoms with E-state index in [2.05, 4.69) is 6.92 Å². The maximum absolute atomic E-state index is 10.4. The highest BCUT2D eigenvalue weighted by Crippen LogP contribution is 2.25. The maximum Gasteiger partial charge on any atom is 0.305 e. The zero-order valence-corrected chi connectivity index (χ0v) is 9.62. The lowest BCUT2D eigenvalue weighted by atomic mass is 9.93. The summed E-state index contributed by atoms with van der Waals surface area (Å²) >= 11 is 0.